The summed E-state index contributed by atoms with van der Waals surface area (Å²) in [4.78, 5) is 24.5. The minimum absolute atomic E-state index is 0.0180. The molecule has 6 nitrogen and oxygen atoms in total. The fraction of sp³-hybridized carbons (Fsp3) is 0.915. The summed E-state index contributed by atoms with van der Waals surface area (Å²) in [6, 6.07) is -0.538. The predicted molar refractivity (Wildman–Crippen MR) is 338 cm³/mol. The van der Waals surface area contributed by atoms with Gasteiger partial charge in [-0.25, -0.2) is 0 Å². The molecule has 3 N–H and O–H groups in total. The van der Waals surface area contributed by atoms with Gasteiger partial charge < -0.3 is 20.3 Å². The zero-order valence-electron chi connectivity index (χ0n) is 52.2. The molecular formula is C71H137NO5. The SMILES string of the molecule is CCCCCCCCCCCCCCCC(O)C(CO)NC(=O)CCCCCCCCCCCCCCCCCCC/C=C\C/C=C\CCCCCCCCCCCCCOC(=O)CCCCCCCCCCCCCC. The maximum atomic E-state index is 12.5. The van der Waals surface area contributed by atoms with E-state index in [1.807, 2.05) is 0 Å². The molecule has 0 saturated carbocycles. The average molecular weight is 1080 g/mol. The van der Waals surface area contributed by atoms with Crippen LogP contribution in [0.15, 0.2) is 24.3 Å². The first kappa shape index (κ1) is 75.3. The number of hydrogen-bond acceptors (Lipinski definition) is 5. The van der Waals surface area contributed by atoms with Gasteiger partial charge in [-0.1, -0.05) is 346 Å². The van der Waals surface area contributed by atoms with E-state index in [9.17, 15) is 19.8 Å². The number of rotatable bonds is 66. The molecule has 456 valence electrons. The molecule has 1 amide bonds. The summed E-state index contributed by atoms with van der Waals surface area (Å²) in [6.45, 7) is 4.98. The molecule has 0 aromatic heterocycles. The Morgan fingerprint density at radius 1 is 0.364 bits per heavy atom. The summed E-state index contributed by atoms with van der Waals surface area (Å²) in [5, 5.41) is 23.3. The van der Waals surface area contributed by atoms with Crippen LogP contribution in [-0.2, 0) is 14.3 Å². The highest BCUT2D eigenvalue weighted by atomic mass is 16.5. The molecule has 2 atom stereocenters. The van der Waals surface area contributed by atoms with Crippen LogP contribution in [0, 0.1) is 0 Å². The number of carbonyl (C=O) groups is 2. The van der Waals surface area contributed by atoms with Crippen molar-refractivity contribution in [1.29, 1.82) is 0 Å². The normalized spacial score (nSPS) is 12.6. The lowest BCUT2D eigenvalue weighted by Gasteiger charge is -2.22. The molecule has 6 heteroatoms. The smallest absolute Gasteiger partial charge is 0.305 e. The Morgan fingerprint density at radius 2 is 0.649 bits per heavy atom. The standard InChI is InChI=1S/C71H137NO5/c1-3-5-7-9-11-13-15-40-43-47-51-55-59-63-69(74)68(67-73)72-70(75)64-60-56-52-48-44-41-38-36-34-32-30-28-26-24-22-20-18-17-19-21-23-25-27-29-31-33-35-37-39-42-46-50-54-58-62-66-77-71(76)65-61-57-53-49-45-16-14-12-10-8-6-4-2/h19,21,25,27,68-69,73-74H,3-18,20,22-24,26,28-67H2,1-2H3,(H,72,75)/b21-19-,27-25-. The highest BCUT2D eigenvalue weighted by Gasteiger charge is 2.20. The van der Waals surface area contributed by atoms with Gasteiger partial charge in [0, 0.05) is 12.8 Å². The summed E-state index contributed by atoms with van der Waals surface area (Å²) in [5.74, 6) is -0.0126. The number of nitrogens with one attached hydrogen (secondary N) is 1. The molecule has 0 bridgehead atoms. The van der Waals surface area contributed by atoms with Crippen molar-refractivity contribution in [1.82, 2.24) is 5.32 Å². The van der Waals surface area contributed by atoms with Crippen LogP contribution in [0.5, 0.6) is 0 Å². The molecule has 0 saturated heterocycles. The molecule has 0 aliphatic carbocycles. The lowest BCUT2D eigenvalue weighted by Crippen LogP contribution is -2.45. The number of carbonyl (C=O) groups excluding carboxylic acids is 2. The second-order valence-electron chi connectivity index (χ2n) is 24.2. The molecule has 0 rings (SSSR count). The molecule has 0 aromatic rings. The first-order valence-electron chi connectivity index (χ1n) is 35.1. The maximum Gasteiger partial charge on any atom is 0.305 e. The van der Waals surface area contributed by atoms with Crippen molar-refractivity contribution in [3.05, 3.63) is 24.3 Å². The van der Waals surface area contributed by atoms with Gasteiger partial charge in [-0.15, -0.1) is 0 Å². The van der Waals surface area contributed by atoms with Gasteiger partial charge in [0.1, 0.15) is 0 Å². The lowest BCUT2D eigenvalue weighted by atomic mass is 10.0. The molecule has 0 aliphatic heterocycles. The van der Waals surface area contributed by atoms with E-state index in [4.69, 9.17) is 4.74 Å². The predicted octanol–water partition coefficient (Wildman–Crippen LogP) is 22.5. The molecule has 77 heavy (non-hydrogen) atoms. The summed E-state index contributed by atoms with van der Waals surface area (Å²) < 4.78 is 5.48. The van der Waals surface area contributed by atoms with Crippen LogP contribution < -0.4 is 5.32 Å². The number of aliphatic hydroxyl groups excluding tert-OH is 2. The van der Waals surface area contributed by atoms with Crippen LogP contribution in [-0.4, -0.2) is 47.4 Å². The second kappa shape index (κ2) is 66.8. The van der Waals surface area contributed by atoms with E-state index < -0.39 is 12.1 Å². The summed E-state index contributed by atoms with van der Waals surface area (Å²) >= 11 is 0. The molecule has 0 spiro atoms. The Morgan fingerprint density at radius 3 is 0.987 bits per heavy atom. The molecule has 0 heterocycles. The Hall–Kier alpha value is -1.66. The first-order valence-corrected chi connectivity index (χ1v) is 35.1. The van der Waals surface area contributed by atoms with E-state index in [0.29, 0.717) is 25.9 Å². The van der Waals surface area contributed by atoms with Gasteiger partial charge in [0.25, 0.3) is 0 Å². The topological polar surface area (TPSA) is 95.9 Å². The fourth-order valence-corrected chi connectivity index (χ4v) is 11.1. The quantitative estimate of drug-likeness (QED) is 0.0320. The number of hydrogen-bond donors (Lipinski definition) is 3. The third kappa shape index (κ3) is 63.4. The number of unbranched alkanes of at least 4 members (excludes halogenated alkanes) is 51. The van der Waals surface area contributed by atoms with Crippen LogP contribution in [0.2, 0.25) is 0 Å². The third-order valence-electron chi connectivity index (χ3n) is 16.5. The summed E-state index contributed by atoms with van der Waals surface area (Å²) in [6.07, 6.45) is 83.8. The van der Waals surface area contributed by atoms with Crippen LogP contribution in [0.3, 0.4) is 0 Å². The van der Waals surface area contributed by atoms with Crippen molar-refractivity contribution in [2.75, 3.05) is 13.2 Å². The number of aliphatic hydroxyl groups is 2. The molecule has 0 aromatic carbocycles. The fourth-order valence-electron chi connectivity index (χ4n) is 11.1. The molecule has 2 unspecified atom stereocenters. The minimum Gasteiger partial charge on any atom is -0.466 e. The van der Waals surface area contributed by atoms with E-state index in [1.54, 1.807) is 0 Å². The van der Waals surface area contributed by atoms with Crippen molar-refractivity contribution in [3.63, 3.8) is 0 Å². The largest absolute Gasteiger partial charge is 0.466 e. The highest BCUT2D eigenvalue weighted by molar-refractivity contribution is 5.76. The van der Waals surface area contributed by atoms with E-state index in [0.717, 1.165) is 44.9 Å². The van der Waals surface area contributed by atoms with Gasteiger partial charge in [0.05, 0.1) is 25.4 Å². The van der Waals surface area contributed by atoms with Crippen molar-refractivity contribution in [2.45, 2.75) is 405 Å². The van der Waals surface area contributed by atoms with Gasteiger partial charge in [-0.2, -0.15) is 0 Å². The average Bonchev–Trinajstić information content (AvgIpc) is 3.43. The third-order valence-corrected chi connectivity index (χ3v) is 16.5. The first-order chi connectivity index (χ1) is 38.0. The minimum atomic E-state index is -0.661. The van der Waals surface area contributed by atoms with Crippen LogP contribution >= 0.6 is 0 Å². The maximum absolute atomic E-state index is 12.5. The highest BCUT2D eigenvalue weighted by Crippen LogP contribution is 2.19. The zero-order valence-corrected chi connectivity index (χ0v) is 52.2. The van der Waals surface area contributed by atoms with Gasteiger partial charge in [-0.3, -0.25) is 9.59 Å². The van der Waals surface area contributed by atoms with Crippen molar-refractivity contribution >= 4 is 11.9 Å². The molecule has 0 radical (unpaired) electrons. The Kier molecular flexibility index (Phi) is 65.4. The van der Waals surface area contributed by atoms with Gasteiger partial charge in [0.2, 0.25) is 5.91 Å². The Labute approximate surface area is 481 Å². The van der Waals surface area contributed by atoms with Crippen LogP contribution in [0.4, 0.5) is 0 Å². The molecular weight excluding hydrogens is 947 g/mol. The molecule has 0 fully saturated rings. The number of allylic oxidation sites excluding steroid dienone is 4. The number of esters is 1. The summed E-state index contributed by atoms with van der Waals surface area (Å²) in [7, 11) is 0. The van der Waals surface area contributed by atoms with Crippen molar-refractivity contribution in [3.8, 4) is 0 Å². The Balaban J connectivity index is 3.35. The van der Waals surface area contributed by atoms with Crippen LogP contribution in [0.1, 0.15) is 393 Å². The Bertz CT molecular complexity index is 1200. The lowest BCUT2D eigenvalue weighted by molar-refractivity contribution is -0.143. The van der Waals surface area contributed by atoms with E-state index in [1.165, 1.54) is 315 Å². The van der Waals surface area contributed by atoms with Crippen LogP contribution in [0.25, 0.3) is 0 Å². The number of ether oxygens (including phenoxy) is 1. The van der Waals surface area contributed by atoms with Gasteiger partial charge >= 0.3 is 5.97 Å². The molecule has 0 aliphatic rings. The van der Waals surface area contributed by atoms with Gasteiger partial charge in [0.15, 0.2) is 0 Å². The van der Waals surface area contributed by atoms with E-state index in [-0.39, 0.29) is 18.5 Å². The van der Waals surface area contributed by atoms with Crippen molar-refractivity contribution in [2.24, 2.45) is 0 Å². The second-order valence-corrected chi connectivity index (χ2v) is 24.2. The van der Waals surface area contributed by atoms with Crippen molar-refractivity contribution < 1.29 is 24.5 Å². The van der Waals surface area contributed by atoms with Gasteiger partial charge in [-0.05, 0) is 57.8 Å². The van der Waals surface area contributed by atoms with E-state index >= 15 is 0 Å². The monoisotopic (exact) mass is 1080 g/mol. The number of amides is 1. The summed E-state index contributed by atoms with van der Waals surface area (Å²) in [5.41, 5.74) is 0. The van der Waals surface area contributed by atoms with E-state index in [2.05, 4.69) is 43.5 Å². The zero-order chi connectivity index (χ0) is 55.7.